The Labute approximate surface area is 189 Å². The largest absolute Gasteiger partial charge is 0.508 e. The Morgan fingerprint density at radius 3 is 2.44 bits per heavy atom. The molecule has 2 aromatic rings. The molecule has 2 aromatic carbocycles. The SMILES string of the molecule is CCN(CC)c1ccc2c(c1)OC(=O)C(CCNC(=O)NCCc1ccc(O)cc1)C2C. The summed E-state index contributed by atoms with van der Waals surface area (Å²) in [4.78, 5) is 26.9. The maximum absolute atomic E-state index is 12.6. The topological polar surface area (TPSA) is 90.9 Å². The van der Waals surface area contributed by atoms with Gasteiger partial charge in [-0.25, -0.2) is 4.79 Å². The molecular formula is C25H33N3O4. The summed E-state index contributed by atoms with van der Waals surface area (Å²) in [5.74, 6) is 0.358. The first-order valence-corrected chi connectivity index (χ1v) is 11.3. The highest BCUT2D eigenvalue weighted by Gasteiger charge is 2.35. The van der Waals surface area contributed by atoms with Gasteiger partial charge in [-0.3, -0.25) is 4.79 Å². The lowest BCUT2D eigenvalue weighted by Crippen LogP contribution is -2.39. The fourth-order valence-corrected chi connectivity index (χ4v) is 4.13. The number of anilines is 1. The highest BCUT2D eigenvalue weighted by Crippen LogP contribution is 2.40. The van der Waals surface area contributed by atoms with Crippen LogP contribution in [0.3, 0.4) is 0 Å². The number of carbonyl (C=O) groups excluding carboxylic acids is 2. The number of hydrogen-bond acceptors (Lipinski definition) is 5. The third kappa shape index (κ3) is 5.72. The van der Waals surface area contributed by atoms with E-state index >= 15 is 0 Å². The second-order valence-corrected chi connectivity index (χ2v) is 8.10. The number of esters is 1. The molecule has 0 radical (unpaired) electrons. The van der Waals surface area contributed by atoms with Crippen LogP contribution in [0.1, 0.15) is 44.2 Å². The van der Waals surface area contributed by atoms with Crippen LogP contribution < -0.4 is 20.3 Å². The number of nitrogens with zero attached hydrogens (tertiary/aromatic N) is 1. The van der Waals surface area contributed by atoms with Gasteiger partial charge in [-0.15, -0.1) is 0 Å². The van der Waals surface area contributed by atoms with Crippen molar-refractivity contribution in [3.8, 4) is 11.5 Å². The molecule has 0 bridgehead atoms. The summed E-state index contributed by atoms with van der Waals surface area (Å²) in [6.45, 7) is 8.91. The minimum atomic E-state index is -0.293. The third-order valence-corrected chi connectivity index (χ3v) is 6.11. The summed E-state index contributed by atoms with van der Waals surface area (Å²) < 4.78 is 5.66. The van der Waals surface area contributed by atoms with E-state index in [1.54, 1.807) is 12.1 Å². The molecule has 1 aliphatic rings. The second kappa shape index (κ2) is 10.9. The molecular weight excluding hydrogens is 406 g/mol. The molecule has 0 aromatic heterocycles. The molecule has 7 nitrogen and oxygen atoms in total. The van der Waals surface area contributed by atoms with Crippen molar-refractivity contribution in [3.63, 3.8) is 0 Å². The van der Waals surface area contributed by atoms with E-state index in [9.17, 15) is 14.7 Å². The highest BCUT2D eigenvalue weighted by atomic mass is 16.5. The molecule has 0 saturated carbocycles. The number of phenolic OH excluding ortho intramolecular Hbond substituents is 1. The van der Waals surface area contributed by atoms with Gasteiger partial charge in [-0.2, -0.15) is 0 Å². The Bertz CT molecular complexity index is 925. The smallest absolute Gasteiger partial charge is 0.315 e. The van der Waals surface area contributed by atoms with Crippen LogP contribution in [0.5, 0.6) is 11.5 Å². The zero-order valence-electron chi connectivity index (χ0n) is 19.1. The minimum Gasteiger partial charge on any atom is -0.508 e. The Kier molecular flexibility index (Phi) is 7.98. The zero-order chi connectivity index (χ0) is 23.1. The fourth-order valence-electron chi connectivity index (χ4n) is 4.13. The fraction of sp³-hybridized carbons (Fsp3) is 0.440. The highest BCUT2D eigenvalue weighted by molar-refractivity contribution is 5.80. The lowest BCUT2D eigenvalue weighted by molar-refractivity contribution is -0.141. The van der Waals surface area contributed by atoms with E-state index in [-0.39, 0.29) is 29.6 Å². The van der Waals surface area contributed by atoms with Crippen LogP contribution in [-0.2, 0) is 11.2 Å². The average molecular weight is 440 g/mol. The van der Waals surface area contributed by atoms with E-state index < -0.39 is 0 Å². The van der Waals surface area contributed by atoms with E-state index in [0.29, 0.717) is 31.7 Å². The van der Waals surface area contributed by atoms with E-state index in [1.165, 1.54) is 0 Å². The normalized spacial score (nSPS) is 17.3. The lowest BCUT2D eigenvalue weighted by Gasteiger charge is -2.31. The number of rotatable bonds is 9. The first kappa shape index (κ1) is 23.4. The molecule has 3 N–H and O–H groups in total. The number of amides is 2. The number of benzene rings is 2. The van der Waals surface area contributed by atoms with E-state index in [0.717, 1.165) is 29.9 Å². The summed E-state index contributed by atoms with van der Waals surface area (Å²) in [5.41, 5.74) is 3.12. The first-order chi connectivity index (χ1) is 15.4. The molecule has 32 heavy (non-hydrogen) atoms. The quantitative estimate of drug-likeness (QED) is 0.408. The Hall–Kier alpha value is -3.22. The van der Waals surface area contributed by atoms with Gasteiger partial charge in [0.2, 0.25) is 0 Å². The molecule has 2 atom stereocenters. The van der Waals surface area contributed by atoms with Crippen molar-refractivity contribution in [3.05, 3.63) is 53.6 Å². The van der Waals surface area contributed by atoms with Gasteiger partial charge in [0, 0.05) is 37.9 Å². The summed E-state index contributed by atoms with van der Waals surface area (Å²) in [6, 6.07) is 12.7. The summed E-state index contributed by atoms with van der Waals surface area (Å²) in [6.07, 6.45) is 1.19. The Balaban J connectivity index is 1.47. The first-order valence-electron chi connectivity index (χ1n) is 11.3. The molecule has 172 valence electrons. The molecule has 2 amide bonds. The van der Waals surface area contributed by atoms with Crippen LogP contribution in [0.2, 0.25) is 0 Å². The molecule has 1 aliphatic heterocycles. The predicted molar refractivity (Wildman–Crippen MR) is 125 cm³/mol. The zero-order valence-corrected chi connectivity index (χ0v) is 19.1. The van der Waals surface area contributed by atoms with E-state index in [2.05, 4.69) is 41.5 Å². The maximum Gasteiger partial charge on any atom is 0.315 e. The van der Waals surface area contributed by atoms with Gasteiger partial charge in [-0.1, -0.05) is 25.1 Å². The Morgan fingerprint density at radius 1 is 1.06 bits per heavy atom. The van der Waals surface area contributed by atoms with Crippen molar-refractivity contribution in [2.75, 3.05) is 31.1 Å². The third-order valence-electron chi connectivity index (χ3n) is 6.11. The molecule has 0 saturated heterocycles. The molecule has 0 fully saturated rings. The van der Waals surface area contributed by atoms with Gasteiger partial charge in [0.15, 0.2) is 0 Å². The van der Waals surface area contributed by atoms with Gasteiger partial charge in [0.1, 0.15) is 11.5 Å². The number of aromatic hydroxyl groups is 1. The summed E-state index contributed by atoms with van der Waals surface area (Å²) in [7, 11) is 0. The number of fused-ring (bicyclic) bond motifs is 1. The second-order valence-electron chi connectivity index (χ2n) is 8.10. The molecule has 1 heterocycles. The number of phenols is 1. The van der Waals surface area contributed by atoms with Crippen LogP contribution >= 0.6 is 0 Å². The van der Waals surface area contributed by atoms with Crippen molar-refractivity contribution in [2.24, 2.45) is 5.92 Å². The van der Waals surface area contributed by atoms with E-state index in [4.69, 9.17) is 4.74 Å². The number of urea groups is 1. The van der Waals surface area contributed by atoms with Crippen molar-refractivity contribution >= 4 is 17.7 Å². The van der Waals surface area contributed by atoms with Crippen molar-refractivity contribution in [2.45, 2.75) is 39.5 Å². The van der Waals surface area contributed by atoms with Gasteiger partial charge < -0.3 is 25.4 Å². The maximum atomic E-state index is 12.6. The monoisotopic (exact) mass is 439 g/mol. The van der Waals surface area contributed by atoms with Gasteiger partial charge >= 0.3 is 12.0 Å². The number of nitrogens with one attached hydrogen (secondary N) is 2. The lowest BCUT2D eigenvalue weighted by atomic mass is 9.83. The molecule has 3 rings (SSSR count). The van der Waals surface area contributed by atoms with Crippen LogP contribution in [0.4, 0.5) is 10.5 Å². The van der Waals surface area contributed by atoms with Crippen LogP contribution in [0.25, 0.3) is 0 Å². The van der Waals surface area contributed by atoms with Crippen molar-refractivity contribution in [1.82, 2.24) is 10.6 Å². The number of carbonyl (C=O) groups is 2. The van der Waals surface area contributed by atoms with E-state index in [1.807, 2.05) is 25.1 Å². The minimum absolute atomic E-state index is 0.0244. The Morgan fingerprint density at radius 2 is 1.75 bits per heavy atom. The molecule has 0 spiro atoms. The van der Waals surface area contributed by atoms with Crippen LogP contribution in [0, 0.1) is 5.92 Å². The summed E-state index contributed by atoms with van der Waals surface area (Å²) >= 11 is 0. The molecule has 7 heteroatoms. The number of ether oxygens (including phenoxy) is 1. The average Bonchev–Trinajstić information content (AvgIpc) is 2.78. The van der Waals surface area contributed by atoms with Crippen LogP contribution in [-0.4, -0.2) is 43.3 Å². The number of hydrogen-bond donors (Lipinski definition) is 3. The standard InChI is InChI=1S/C25H33N3O4/c1-4-28(5-2)19-8-11-21-17(3)22(24(30)32-23(21)16-19)13-15-27-25(31)26-14-12-18-6-9-20(29)10-7-18/h6-11,16-17,22,29H,4-5,12-15H2,1-3H3,(H2,26,27,31). The molecule has 0 aliphatic carbocycles. The van der Waals surface area contributed by atoms with Gasteiger partial charge in [0.25, 0.3) is 0 Å². The van der Waals surface area contributed by atoms with Crippen molar-refractivity contribution in [1.29, 1.82) is 0 Å². The predicted octanol–water partition coefficient (Wildman–Crippen LogP) is 3.81. The van der Waals surface area contributed by atoms with Crippen LogP contribution in [0.15, 0.2) is 42.5 Å². The molecule has 2 unspecified atom stereocenters. The van der Waals surface area contributed by atoms with Gasteiger partial charge in [0.05, 0.1) is 5.92 Å². The van der Waals surface area contributed by atoms with Gasteiger partial charge in [-0.05, 0) is 61.9 Å². The van der Waals surface area contributed by atoms with Crippen molar-refractivity contribution < 1.29 is 19.4 Å². The summed E-state index contributed by atoms with van der Waals surface area (Å²) in [5, 5.41) is 14.9.